The Morgan fingerprint density at radius 3 is 2.89 bits per heavy atom. The van der Waals surface area contributed by atoms with Gasteiger partial charge in [-0.3, -0.25) is 0 Å². The third kappa shape index (κ3) is 4.31. The molecule has 1 aromatic rings. The highest BCUT2D eigenvalue weighted by Crippen LogP contribution is 2.18. The Balaban J connectivity index is 1.57. The first-order valence-electron chi connectivity index (χ1n) is 6.86. The van der Waals surface area contributed by atoms with Crippen molar-refractivity contribution in [3.8, 4) is 5.75 Å². The van der Waals surface area contributed by atoms with Crippen molar-refractivity contribution in [3.05, 3.63) is 29.8 Å². The minimum atomic E-state index is 0.0175. The molecule has 1 heterocycles. The number of hydrogen-bond donors (Lipinski definition) is 1. The number of benzene rings is 1. The summed E-state index contributed by atoms with van der Waals surface area (Å²) in [5.74, 6) is 0.397. The van der Waals surface area contributed by atoms with E-state index in [2.05, 4.69) is 0 Å². The van der Waals surface area contributed by atoms with E-state index in [9.17, 15) is 5.11 Å². The van der Waals surface area contributed by atoms with Gasteiger partial charge >= 0.3 is 0 Å². The number of unbranched alkanes of at least 4 members (excludes halogenated alkanes) is 1. The fraction of sp³-hybridized carbons (Fsp3) is 0.600. The molecule has 0 radical (unpaired) electrons. The summed E-state index contributed by atoms with van der Waals surface area (Å²) in [6, 6.07) is 7.52. The number of ether oxygens (including phenoxy) is 2. The zero-order valence-corrected chi connectivity index (χ0v) is 10.8. The lowest BCUT2D eigenvalue weighted by Gasteiger charge is -2.22. The first-order chi connectivity index (χ1) is 8.86. The van der Waals surface area contributed by atoms with E-state index < -0.39 is 0 Å². The maximum absolute atomic E-state index is 9.62. The molecule has 18 heavy (non-hydrogen) atoms. The highest BCUT2D eigenvalue weighted by atomic mass is 16.7. The molecule has 0 spiro atoms. The van der Waals surface area contributed by atoms with Gasteiger partial charge in [0.15, 0.2) is 6.29 Å². The van der Waals surface area contributed by atoms with Gasteiger partial charge in [-0.05, 0) is 50.2 Å². The van der Waals surface area contributed by atoms with Crippen molar-refractivity contribution in [1.82, 2.24) is 0 Å². The summed E-state index contributed by atoms with van der Waals surface area (Å²) < 4.78 is 11.2. The van der Waals surface area contributed by atoms with Crippen LogP contribution in [-0.4, -0.2) is 24.6 Å². The lowest BCUT2D eigenvalue weighted by Crippen LogP contribution is -2.22. The van der Waals surface area contributed by atoms with E-state index in [1.807, 2.05) is 18.2 Å². The Bertz CT molecular complexity index is 345. The molecule has 1 aromatic carbocycles. The maximum Gasteiger partial charge on any atom is 0.157 e. The molecule has 0 amide bonds. The first kappa shape index (κ1) is 13.4. The molecule has 1 aliphatic rings. The van der Waals surface area contributed by atoms with E-state index in [-0.39, 0.29) is 6.29 Å². The summed E-state index contributed by atoms with van der Waals surface area (Å²) in [6.07, 6.45) is 6.36. The molecule has 3 heteroatoms. The standard InChI is InChI=1S/C15H22O3/c16-14-9-2-1-7-13(14)8-3-5-11-17-15-10-4-6-12-18-15/h1-2,7,9,15-16H,3-6,8,10-12H2. The highest BCUT2D eigenvalue weighted by Gasteiger charge is 2.13. The van der Waals surface area contributed by atoms with Crippen molar-refractivity contribution in [2.45, 2.75) is 44.8 Å². The molecule has 0 aliphatic carbocycles. The Labute approximate surface area is 109 Å². The third-order valence-electron chi connectivity index (χ3n) is 3.27. The number of aryl methyl sites for hydroxylation is 1. The van der Waals surface area contributed by atoms with Gasteiger partial charge in [-0.1, -0.05) is 18.2 Å². The lowest BCUT2D eigenvalue weighted by atomic mass is 10.1. The molecule has 1 fully saturated rings. The van der Waals surface area contributed by atoms with Crippen LogP contribution in [0.1, 0.15) is 37.7 Å². The Kier molecular flexibility index (Phi) is 5.49. The summed E-state index contributed by atoms with van der Waals surface area (Å²) in [4.78, 5) is 0. The zero-order chi connectivity index (χ0) is 12.6. The summed E-state index contributed by atoms with van der Waals surface area (Å²) >= 11 is 0. The molecule has 3 nitrogen and oxygen atoms in total. The molecular formula is C15H22O3. The summed E-state index contributed by atoms with van der Waals surface area (Å²) in [5, 5.41) is 9.62. The van der Waals surface area contributed by atoms with Gasteiger partial charge in [0.05, 0.1) is 0 Å². The molecule has 1 atom stereocenters. The largest absolute Gasteiger partial charge is 0.508 e. The van der Waals surface area contributed by atoms with Crippen LogP contribution in [0.3, 0.4) is 0 Å². The Morgan fingerprint density at radius 2 is 2.11 bits per heavy atom. The van der Waals surface area contributed by atoms with Gasteiger partial charge in [-0.15, -0.1) is 0 Å². The average molecular weight is 250 g/mol. The van der Waals surface area contributed by atoms with Crippen LogP contribution in [0.15, 0.2) is 24.3 Å². The molecule has 1 aliphatic heterocycles. The molecule has 1 N–H and O–H groups in total. The predicted octanol–water partition coefficient (Wildman–Crippen LogP) is 3.26. The molecule has 100 valence electrons. The molecule has 2 rings (SSSR count). The number of aromatic hydroxyl groups is 1. The number of phenolic OH excluding ortho intramolecular Hbond substituents is 1. The van der Waals surface area contributed by atoms with E-state index in [0.29, 0.717) is 5.75 Å². The summed E-state index contributed by atoms with van der Waals surface area (Å²) in [7, 11) is 0. The van der Waals surface area contributed by atoms with Crippen LogP contribution in [0, 0.1) is 0 Å². The molecule has 1 saturated heterocycles. The highest BCUT2D eigenvalue weighted by molar-refractivity contribution is 5.31. The minimum absolute atomic E-state index is 0.0175. The molecule has 0 aromatic heterocycles. The van der Waals surface area contributed by atoms with Crippen molar-refractivity contribution < 1.29 is 14.6 Å². The van der Waals surface area contributed by atoms with Crippen LogP contribution >= 0.6 is 0 Å². The van der Waals surface area contributed by atoms with Crippen molar-refractivity contribution in [1.29, 1.82) is 0 Å². The normalized spacial score (nSPS) is 19.9. The van der Waals surface area contributed by atoms with E-state index >= 15 is 0 Å². The van der Waals surface area contributed by atoms with Crippen LogP contribution in [0.4, 0.5) is 0 Å². The second-order valence-corrected chi connectivity index (χ2v) is 4.75. The summed E-state index contributed by atoms with van der Waals surface area (Å²) in [5.41, 5.74) is 1.02. The fourth-order valence-electron chi connectivity index (χ4n) is 2.20. The van der Waals surface area contributed by atoms with E-state index in [1.165, 1.54) is 6.42 Å². The van der Waals surface area contributed by atoms with Gasteiger partial charge < -0.3 is 14.6 Å². The summed E-state index contributed by atoms with van der Waals surface area (Å²) in [6.45, 7) is 1.58. The molecule has 1 unspecified atom stereocenters. The van der Waals surface area contributed by atoms with Crippen molar-refractivity contribution >= 4 is 0 Å². The van der Waals surface area contributed by atoms with E-state index in [0.717, 1.165) is 50.9 Å². The van der Waals surface area contributed by atoms with Gasteiger partial charge in [-0.2, -0.15) is 0 Å². The minimum Gasteiger partial charge on any atom is -0.508 e. The zero-order valence-electron chi connectivity index (χ0n) is 10.8. The van der Waals surface area contributed by atoms with Gasteiger partial charge in [0.25, 0.3) is 0 Å². The topological polar surface area (TPSA) is 38.7 Å². The smallest absolute Gasteiger partial charge is 0.157 e. The Morgan fingerprint density at radius 1 is 1.22 bits per heavy atom. The maximum atomic E-state index is 9.62. The van der Waals surface area contributed by atoms with Gasteiger partial charge in [0.2, 0.25) is 0 Å². The SMILES string of the molecule is Oc1ccccc1CCCCOC1CCCCO1. The molecule has 0 saturated carbocycles. The number of rotatable bonds is 6. The van der Waals surface area contributed by atoms with Crippen LogP contribution in [-0.2, 0) is 15.9 Å². The predicted molar refractivity (Wildman–Crippen MR) is 70.6 cm³/mol. The van der Waals surface area contributed by atoms with Gasteiger partial charge in [0, 0.05) is 13.2 Å². The van der Waals surface area contributed by atoms with Crippen molar-refractivity contribution in [3.63, 3.8) is 0 Å². The molecular weight excluding hydrogens is 228 g/mol. The monoisotopic (exact) mass is 250 g/mol. The van der Waals surface area contributed by atoms with E-state index in [1.54, 1.807) is 6.07 Å². The van der Waals surface area contributed by atoms with Gasteiger partial charge in [-0.25, -0.2) is 0 Å². The second-order valence-electron chi connectivity index (χ2n) is 4.75. The Hall–Kier alpha value is -1.06. The number of phenols is 1. The third-order valence-corrected chi connectivity index (χ3v) is 3.27. The first-order valence-corrected chi connectivity index (χ1v) is 6.86. The fourth-order valence-corrected chi connectivity index (χ4v) is 2.20. The number of para-hydroxylation sites is 1. The van der Waals surface area contributed by atoms with Crippen LogP contribution in [0.2, 0.25) is 0 Å². The van der Waals surface area contributed by atoms with Crippen LogP contribution < -0.4 is 0 Å². The molecule has 0 bridgehead atoms. The van der Waals surface area contributed by atoms with E-state index in [4.69, 9.17) is 9.47 Å². The van der Waals surface area contributed by atoms with Crippen LogP contribution in [0.25, 0.3) is 0 Å². The lowest BCUT2D eigenvalue weighted by molar-refractivity contribution is -0.162. The van der Waals surface area contributed by atoms with Crippen LogP contribution in [0.5, 0.6) is 5.75 Å². The quantitative estimate of drug-likeness (QED) is 0.788. The van der Waals surface area contributed by atoms with Crippen molar-refractivity contribution in [2.24, 2.45) is 0 Å². The number of hydrogen-bond acceptors (Lipinski definition) is 3. The second kappa shape index (κ2) is 7.39. The van der Waals surface area contributed by atoms with Crippen molar-refractivity contribution in [2.75, 3.05) is 13.2 Å². The average Bonchev–Trinajstić information content (AvgIpc) is 2.42. The van der Waals surface area contributed by atoms with Gasteiger partial charge in [0.1, 0.15) is 5.75 Å².